The summed E-state index contributed by atoms with van der Waals surface area (Å²) in [6.07, 6.45) is 0. The van der Waals surface area contributed by atoms with E-state index in [2.05, 4.69) is 5.32 Å². The van der Waals surface area contributed by atoms with Crippen molar-refractivity contribution in [2.75, 3.05) is 26.6 Å². The van der Waals surface area contributed by atoms with Crippen LogP contribution in [0.2, 0.25) is 0 Å². The summed E-state index contributed by atoms with van der Waals surface area (Å²) in [6.45, 7) is 3.27. The number of rotatable bonds is 8. The van der Waals surface area contributed by atoms with E-state index in [1.807, 2.05) is 0 Å². The highest BCUT2D eigenvalue weighted by atomic mass is 16.5. The lowest BCUT2D eigenvalue weighted by molar-refractivity contribution is -0.118. The van der Waals surface area contributed by atoms with Gasteiger partial charge in [0.15, 0.2) is 11.5 Å². The average molecular weight is 455 g/mol. The van der Waals surface area contributed by atoms with Crippen LogP contribution in [0.5, 0.6) is 17.2 Å². The Morgan fingerprint density at radius 3 is 2.30 bits per heavy atom. The highest BCUT2D eigenvalue weighted by molar-refractivity contribution is 6.02. The smallest absolute Gasteiger partial charge is 0.340 e. The zero-order valence-corrected chi connectivity index (χ0v) is 19.0. The Hall–Kier alpha value is -4.01. The van der Waals surface area contributed by atoms with Gasteiger partial charge in [0.1, 0.15) is 17.9 Å². The van der Waals surface area contributed by atoms with Crippen molar-refractivity contribution >= 4 is 28.5 Å². The zero-order valence-electron chi connectivity index (χ0n) is 19.0. The van der Waals surface area contributed by atoms with Gasteiger partial charge in [-0.25, -0.2) is 9.59 Å². The molecule has 1 heterocycles. The molecular formula is C24H25NO8. The number of methoxy groups -OCH3 is 3. The zero-order chi connectivity index (χ0) is 24.1. The molecule has 0 aliphatic carbocycles. The van der Waals surface area contributed by atoms with E-state index >= 15 is 0 Å². The minimum Gasteiger partial charge on any atom is -0.497 e. The van der Waals surface area contributed by atoms with E-state index in [4.69, 9.17) is 23.4 Å². The van der Waals surface area contributed by atoms with Gasteiger partial charge in [0.05, 0.1) is 32.6 Å². The van der Waals surface area contributed by atoms with Gasteiger partial charge in [-0.1, -0.05) is 13.8 Å². The van der Waals surface area contributed by atoms with Crippen molar-refractivity contribution in [2.24, 2.45) is 5.92 Å². The van der Waals surface area contributed by atoms with Gasteiger partial charge in [-0.3, -0.25) is 4.79 Å². The van der Waals surface area contributed by atoms with Crippen molar-refractivity contribution in [1.82, 2.24) is 0 Å². The lowest BCUT2D eigenvalue weighted by atomic mass is 10.1. The second kappa shape index (κ2) is 10.1. The molecule has 0 atom stereocenters. The van der Waals surface area contributed by atoms with Crippen LogP contribution in [0.15, 0.2) is 45.6 Å². The summed E-state index contributed by atoms with van der Waals surface area (Å²) in [5, 5.41) is 3.31. The lowest BCUT2D eigenvalue weighted by Crippen LogP contribution is -2.20. The summed E-state index contributed by atoms with van der Waals surface area (Å²) in [5.74, 6) is -0.148. The molecule has 0 aliphatic rings. The maximum absolute atomic E-state index is 13.0. The topological polar surface area (TPSA) is 113 Å². The van der Waals surface area contributed by atoms with Crippen molar-refractivity contribution < 1.29 is 33.0 Å². The number of hydrogen-bond donors (Lipinski definition) is 1. The van der Waals surface area contributed by atoms with Gasteiger partial charge < -0.3 is 28.7 Å². The Kier molecular flexibility index (Phi) is 7.22. The maximum Gasteiger partial charge on any atom is 0.340 e. The summed E-state index contributed by atoms with van der Waals surface area (Å²) in [6, 6.07) is 9.19. The van der Waals surface area contributed by atoms with E-state index in [9.17, 15) is 14.4 Å². The highest BCUT2D eigenvalue weighted by Gasteiger charge is 2.21. The molecule has 0 aliphatic heterocycles. The Morgan fingerprint density at radius 1 is 0.970 bits per heavy atom. The Labute approximate surface area is 190 Å². The molecule has 174 valence electrons. The largest absolute Gasteiger partial charge is 0.497 e. The number of anilines is 1. The summed E-state index contributed by atoms with van der Waals surface area (Å²) in [7, 11) is 4.39. The molecular weight excluding hydrogens is 430 g/mol. The predicted molar refractivity (Wildman–Crippen MR) is 121 cm³/mol. The SMILES string of the molecule is COc1ccc2c(COC(=O)c3cc(OC)c(OC)cc3NC(=O)C(C)C)cc(=O)oc2c1. The van der Waals surface area contributed by atoms with Crippen LogP contribution >= 0.6 is 0 Å². The molecule has 0 saturated heterocycles. The molecule has 3 aromatic rings. The van der Waals surface area contributed by atoms with Crippen LogP contribution in [0.1, 0.15) is 29.8 Å². The third-order valence-electron chi connectivity index (χ3n) is 4.92. The minimum absolute atomic E-state index is 0.0793. The van der Waals surface area contributed by atoms with Gasteiger partial charge in [-0.2, -0.15) is 0 Å². The van der Waals surface area contributed by atoms with Crippen LogP contribution in [-0.2, 0) is 16.1 Å². The fraction of sp³-hybridized carbons (Fsp3) is 0.292. The van der Waals surface area contributed by atoms with Crippen molar-refractivity contribution in [2.45, 2.75) is 20.5 Å². The Morgan fingerprint density at radius 2 is 1.67 bits per heavy atom. The van der Waals surface area contributed by atoms with E-state index in [0.29, 0.717) is 33.8 Å². The molecule has 9 heteroatoms. The molecule has 9 nitrogen and oxygen atoms in total. The second-order valence-corrected chi connectivity index (χ2v) is 7.43. The molecule has 0 unspecified atom stereocenters. The van der Waals surface area contributed by atoms with E-state index in [1.54, 1.807) is 32.0 Å². The van der Waals surface area contributed by atoms with Gasteiger partial charge in [-0.05, 0) is 12.1 Å². The third-order valence-corrected chi connectivity index (χ3v) is 4.92. The van der Waals surface area contributed by atoms with Crippen LogP contribution in [0.4, 0.5) is 5.69 Å². The average Bonchev–Trinajstić information content (AvgIpc) is 2.81. The number of carbonyl (C=O) groups is 2. The molecule has 33 heavy (non-hydrogen) atoms. The first-order chi connectivity index (χ1) is 15.8. The van der Waals surface area contributed by atoms with Crippen LogP contribution in [-0.4, -0.2) is 33.2 Å². The molecule has 1 amide bonds. The first-order valence-corrected chi connectivity index (χ1v) is 10.1. The fourth-order valence-corrected chi connectivity index (χ4v) is 3.11. The Bertz CT molecular complexity index is 1250. The Balaban J connectivity index is 1.94. The van der Waals surface area contributed by atoms with Crippen molar-refractivity contribution in [1.29, 1.82) is 0 Å². The molecule has 1 aromatic heterocycles. The quantitative estimate of drug-likeness (QED) is 0.403. The molecule has 0 bridgehead atoms. The minimum atomic E-state index is -0.718. The monoisotopic (exact) mass is 455 g/mol. The van der Waals surface area contributed by atoms with E-state index < -0.39 is 11.6 Å². The summed E-state index contributed by atoms with van der Waals surface area (Å²) < 4.78 is 26.4. The summed E-state index contributed by atoms with van der Waals surface area (Å²) in [5.41, 5.74) is 0.487. The molecule has 0 saturated carbocycles. The highest BCUT2D eigenvalue weighted by Crippen LogP contribution is 2.34. The number of esters is 1. The predicted octanol–water partition coefficient (Wildman–Crippen LogP) is 3.77. The number of benzene rings is 2. The lowest BCUT2D eigenvalue weighted by Gasteiger charge is -2.16. The maximum atomic E-state index is 13.0. The number of amides is 1. The summed E-state index contributed by atoms with van der Waals surface area (Å²) in [4.78, 5) is 37.2. The fourth-order valence-electron chi connectivity index (χ4n) is 3.11. The van der Waals surface area contributed by atoms with Crippen molar-refractivity contribution in [3.63, 3.8) is 0 Å². The van der Waals surface area contributed by atoms with Gasteiger partial charge in [0.2, 0.25) is 5.91 Å². The molecule has 0 fully saturated rings. The third kappa shape index (κ3) is 5.25. The number of ether oxygens (including phenoxy) is 4. The van der Waals surface area contributed by atoms with Crippen LogP contribution < -0.4 is 25.2 Å². The van der Waals surface area contributed by atoms with Crippen molar-refractivity contribution in [3.05, 3.63) is 57.9 Å². The van der Waals surface area contributed by atoms with Crippen LogP contribution in [0.25, 0.3) is 11.0 Å². The molecule has 3 rings (SSSR count). The molecule has 0 spiro atoms. The molecule has 2 aromatic carbocycles. The summed E-state index contributed by atoms with van der Waals surface area (Å²) >= 11 is 0. The number of carbonyl (C=O) groups excluding carboxylic acids is 2. The van der Waals surface area contributed by atoms with Crippen molar-refractivity contribution in [3.8, 4) is 17.2 Å². The molecule has 1 N–H and O–H groups in total. The van der Waals surface area contributed by atoms with Gasteiger partial charge in [0, 0.05) is 41.1 Å². The van der Waals surface area contributed by atoms with Gasteiger partial charge >= 0.3 is 11.6 Å². The van der Waals surface area contributed by atoms with E-state index in [-0.39, 0.29) is 29.7 Å². The van der Waals surface area contributed by atoms with Crippen LogP contribution in [0, 0.1) is 5.92 Å². The number of fused-ring (bicyclic) bond motifs is 1. The number of hydrogen-bond acceptors (Lipinski definition) is 8. The molecule has 0 radical (unpaired) electrons. The van der Waals surface area contributed by atoms with Crippen LogP contribution in [0.3, 0.4) is 0 Å². The number of nitrogens with one attached hydrogen (secondary N) is 1. The van der Waals surface area contributed by atoms with E-state index in [0.717, 1.165) is 0 Å². The first-order valence-electron chi connectivity index (χ1n) is 10.1. The van der Waals surface area contributed by atoms with E-state index in [1.165, 1.54) is 39.5 Å². The van der Waals surface area contributed by atoms with Gasteiger partial charge in [-0.15, -0.1) is 0 Å². The normalized spacial score (nSPS) is 10.7. The second-order valence-electron chi connectivity index (χ2n) is 7.43. The standard InChI is InChI=1S/C24H25NO8/c1-13(2)23(27)25-18-11-21(31-5)20(30-4)10-17(18)24(28)32-12-14-8-22(26)33-19-9-15(29-3)6-7-16(14)19/h6-11,13H,12H2,1-5H3,(H,25,27). The van der Waals surface area contributed by atoms with Gasteiger partial charge in [0.25, 0.3) is 0 Å². The first kappa shape index (κ1) is 23.6.